The van der Waals surface area contributed by atoms with E-state index in [0.29, 0.717) is 17.5 Å². The highest BCUT2D eigenvalue weighted by molar-refractivity contribution is 5.85. The van der Waals surface area contributed by atoms with Gasteiger partial charge >= 0.3 is 0 Å². The molecule has 0 saturated heterocycles. The Hall–Kier alpha value is 0.500. The molecule has 0 radical (unpaired) electrons. The molecule has 4 heteroatoms. The molecule has 19 heavy (non-hydrogen) atoms. The van der Waals surface area contributed by atoms with Crippen LogP contribution < -0.4 is 11.5 Å². The van der Waals surface area contributed by atoms with Crippen LogP contribution in [0.25, 0.3) is 0 Å². The lowest BCUT2D eigenvalue weighted by atomic mass is 9.60. The van der Waals surface area contributed by atoms with Crippen molar-refractivity contribution in [2.75, 3.05) is 0 Å². The van der Waals surface area contributed by atoms with Gasteiger partial charge in [0.15, 0.2) is 0 Å². The highest BCUT2D eigenvalue weighted by atomic mass is 35.5. The molecule has 2 saturated carbocycles. The van der Waals surface area contributed by atoms with E-state index >= 15 is 0 Å². The van der Waals surface area contributed by atoms with Crippen molar-refractivity contribution in [3.63, 3.8) is 0 Å². The Bertz CT molecular complexity index is 219. The van der Waals surface area contributed by atoms with Crippen LogP contribution in [-0.4, -0.2) is 12.1 Å². The van der Waals surface area contributed by atoms with Gasteiger partial charge in [0.2, 0.25) is 0 Å². The smallest absolute Gasteiger partial charge is 0.00390 e. The summed E-state index contributed by atoms with van der Waals surface area (Å²) in [6.07, 6.45) is 10.3. The Morgan fingerprint density at radius 2 is 0.895 bits per heavy atom. The third-order valence-corrected chi connectivity index (χ3v) is 5.65. The van der Waals surface area contributed by atoms with Crippen LogP contribution in [0.3, 0.4) is 0 Å². The van der Waals surface area contributed by atoms with Gasteiger partial charge in [0, 0.05) is 12.1 Å². The van der Waals surface area contributed by atoms with E-state index in [1.807, 2.05) is 0 Å². The molecule has 116 valence electrons. The lowest BCUT2D eigenvalue weighted by Gasteiger charge is -2.46. The molecule has 0 aromatic heterocycles. The van der Waals surface area contributed by atoms with Gasteiger partial charge in [-0.2, -0.15) is 0 Å². The lowest BCUT2D eigenvalue weighted by Crippen LogP contribution is -2.40. The van der Waals surface area contributed by atoms with Gasteiger partial charge in [-0.25, -0.2) is 0 Å². The molecule has 2 aliphatic carbocycles. The van der Waals surface area contributed by atoms with Crippen LogP contribution >= 0.6 is 24.8 Å². The molecule has 0 atom stereocenters. The largest absolute Gasteiger partial charge is 0.328 e. The first-order chi connectivity index (χ1) is 8.00. The fraction of sp³-hybridized carbons (Fsp3) is 1.00. The van der Waals surface area contributed by atoms with Crippen molar-refractivity contribution in [1.29, 1.82) is 0 Å². The summed E-state index contributed by atoms with van der Waals surface area (Å²) in [5, 5.41) is 0. The van der Waals surface area contributed by atoms with Crippen molar-refractivity contribution in [2.24, 2.45) is 28.7 Å². The number of nitrogens with two attached hydrogens (primary N) is 2. The van der Waals surface area contributed by atoms with Crippen LogP contribution in [0.2, 0.25) is 0 Å². The number of hydrogen-bond acceptors (Lipinski definition) is 2. The third kappa shape index (κ3) is 4.77. The van der Waals surface area contributed by atoms with Crippen molar-refractivity contribution in [3.05, 3.63) is 0 Å². The topological polar surface area (TPSA) is 52.0 Å². The van der Waals surface area contributed by atoms with Crippen LogP contribution in [0.1, 0.15) is 65.2 Å². The van der Waals surface area contributed by atoms with Crippen LogP contribution in [0, 0.1) is 17.3 Å². The van der Waals surface area contributed by atoms with Crippen LogP contribution in [0.5, 0.6) is 0 Å². The molecule has 0 aliphatic heterocycles. The van der Waals surface area contributed by atoms with Gasteiger partial charge in [-0.1, -0.05) is 13.8 Å². The molecule has 4 N–H and O–H groups in total. The molecule has 2 aliphatic rings. The van der Waals surface area contributed by atoms with Gasteiger partial charge in [-0.05, 0) is 68.6 Å². The van der Waals surface area contributed by atoms with Gasteiger partial charge in [0.25, 0.3) is 0 Å². The molecule has 0 unspecified atom stereocenters. The molecule has 0 heterocycles. The summed E-state index contributed by atoms with van der Waals surface area (Å²) in [4.78, 5) is 0. The maximum Gasteiger partial charge on any atom is 0.00390 e. The van der Waals surface area contributed by atoms with E-state index < -0.39 is 0 Å². The highest BCUT2D eigenvalue weighted by Gasteiger charge is 2.39. The lowest BCUT2D eigenvalue weighted by molar-refractivity contribution is 0.0523. The van der Waals surface area contributed by atoms with Gasteiger partial charge in [-0.15, -0.1) is 24.8 Å². The van der Waals surface area contributed by atoms with Crippen LogP contribution in [-0.2, 0) is 0 Å². The maximum atomic E-state index is 6.02. The first-order valence-corrected chi connectivity index (χ1v) is 7.51. The van der Waals surface area contributed by atoms with Crippen LogP contribution in [0.15, 0.2) is 0 Å². The fourth-order valence-corrected chi connectivity index (χ4v) is 4.06. The predicted octanol–water partition coefficient (Wildman–Crippen LogP) is 3.89. The first kappa shape index (κ1) is 19.5. The van der Waals surface area contributed by atoms with E-state index in [1.54, 1.807) is 0 Å². The average molecular weight is 311 g/mol. The zero-order valence-electron chi connectivity index (χ0n) is 12.4. The van der Waals surface area contributed by atoms with Gasteiger partial charge in [-0.3, -0.25) is 0 Å². The first-order valence-electron chi connectivity index (χ1n) is 7.51. The molecule has 0 bridgehead atoms. The molecule has 0 amide bonds. The summed E-state index contributed by atoms with van der Waals surface area (Å²) in [5.41, 5.74) is 12.5. The van der Waals surface area contributed by atoms with Gasteiger partial charge < -0.3 is 11.5 Å². The molecule has 0 aromatic carbocycles. The molecule has 2 nitrogen and oxygen atoms in total. The zero-order valence-corrected chi connectivity index (χ0v) is 14.1. The third-order valence-electron chi connectivity index (χ3n) is 5.65. The minimum Gasteiger partial charge on any atom is -0.328 e. The van der Waals surface area contributed by atoms with E-state index in [0.717, 1.165) is 11.8 Å². The number of halogens is 2. The highest BCUT2D eigenvalue weighted by Crippen LogP contribution is 2.47. The summed E-state index contributed by atoms with van der Waals surface area (Å²) < 4.78 is 0. The minimum absolute atomic E-state index is 0. The summed E-state index contributed by atoms with van der Waals surface area (Å²) in [6, 6.07) is 0.948. The molecule has 2 fully saturated rings. The molecule has 0 aromatic rings. The summed E-state index contributed by atoms with van der Waals surface area (Å²) in [5.74, 6) is 1.78. The van der Waals surface area contributed by atoms with E-state index in [4.69, 9.17) is 11.5 Å². The molecule has 2 rings (SSSR count). The van der Waals surface area contributed by atoms with Gasteiger partial charge in [0.05, 0.1) is 0 Å². The second kappa shape index (κ2) is 8.07. The Balaban J connectivity index is 0.00000162. The fourth-order valence-electron chi connectivity index (χ4n) is 4.06. The Morgan fingerprint density at radius 1 is 0.632 bits per heavy atom. The quantitative estimate of drug-likeness (QED) is 0.813. The van der Waals surface area contributed by atoms with Gasteiger partial charge in [0.1, 0.15) is 0 Å². The van der Waals surface area contributed by atoms with Crippen molar-refractivity contribution in [2.45, 2.75) is 77.3 Å². The van der Waals surface area contributed by atoms with E-state index in [2.05, 4.69) is 13.8 Å². The molecule has 0 spiro atoms. The Labute approximate surface area is 131 Å². The molecular weight excluding hydrogens is 279 g/mol. The van der Waals surface area contributed by atoms with E-state index in [-0.39, 0.29) is 24.8 Å². The van der Waals surface area contributed by atoms with E-state index in [9.17, 15) is 0 Å². The van der Waals surface area contributed by atoms with Crippen LogP contribution in [0.4, 0.5) is 0 Å². The maximum absolute atomic E-state index is 6.02. The van der Waals surface area contributed by atoms with Crippen molar-refractivity contribution < 1.29 is 0 Å². The average Bonchev–Trinajstić information content (AvgIpc) is 2.30. The minimum atomic E-state index is 0. The van der Waals surface area contributed by atoms with Crippen molar-refractivity contribution >= 4 is 24.8 Å². The Kier molecular flexibility index (Phi) is 8.28. The zero-order chi connectivity index (χ0) is 12.5. The monoisotopic (exact) mass is 310 g/mol. The second-order valence-electron chi connectivity index (χ2n) is 7.04. The standard InChI is InChI=1S/C15H30N2.2ClH/c1-15(2,11-3-7-13(16)8-4-11)12-5-9-14(17)10-6-12;;/h11-14H,3-10,16-17H2,1-2H3;2*1H. The SMILES string of the molecule is CC(C)(C1CCC(N)CC1)C1CCC(N)CC1.Cl.Cl. The summed E-state index contributed by atoms with van der Waals surface area (Å²) >= 11 is 0. The second-order valence-corrected chi connectivity index (χ2v) is 7.04. The van der Waals surface area contributed by atoms with E-state index in [1.165, 1.54) is 51.4 Å². The van der Waals surface area contributed by atoms with Crippen molar-refractivity contribution in [1.82, 2.24) is 0 Å². The Morgan fingerprint density at radius 3 is 1.16 bits per heavy atom. The predicted molar refractivity (Wildman–Crippen MR) is 88.1 cm³/mol. The summed E-state index contributed by atoms with van der Waals surface area (Å²) in [6.45, 7) is 4.99. The normalized spacial score (nSPS) is 36.0. The van der Waals surface area contributed by atoms with Crippen molar-refractivity contribution in [3.8, 4) is 0 Å². The molecular formula is C15H32Cl2N2. The summed E-state index contributed by atoms with van der Waals surface area (Å²) in [7, 11) is 0. The number of hydrogen-bond donors (Lipinski definition) is 2. The number of rotatable bonds is 2.